The van der Waals surface area contributed by atoms with Crippen molar-refractivity contribution in [1.29, 1.82) is 0 Å². The molecular formula is C15H24N4O4S. The van der Waals surface area contributed by atoms with Gasteiger partial charge in [0.15, 0.2) is 5.16 Å². The van der Waals surface area contributed by atoms with Crippen LogP contribution in [0.5, 0.6) is 0 Å². The number of hydrogen-bond acceptors (Lipinski definition) is 7. The third kappa shape index (κ3) is 6.23. The van der Waals surface area contributed by atoms with Gasteiger partial charge in [-0.3, -0.25) is 9.59 Å². The van der Waals surface area contributed by atoms with Crippen LogP contribution in [0.1, 0.15) is 33.6 Å². The summed E-state index contributed by atoms with van der Waals surface area (Å²) < 4.78 is 4.74. The van der Waals surface area contributed by atoms with E-state index in [-0.39, 0.29) is 28.4 Å². The first-order chi connectivity index (χ1) is 11.3. The van der Waals surface area contributed by atoms with Crippen LogP contribution in [0.3, 0.4) is 0 Å². The van der Waals surface area contributed by atoms with Gasteiger partial charge in [-0.25, -0.2) is 9.78 Å². The molecule has 1 aromatic rings. The maximum atomic E-state index is 12.5. The van der Waals surface area contributed by atoms with E-state index in [2.05, 4.69) is 15.3 Å². The van der Waals surface area contributed by atoms with Gasteiger partial charge in [0, 0.05) is 6.07 Å². The van der Waals surface area contributed by atoms with E-state index in [9.17, 15) is 14.4 Å². The number of thioether (sulfide) groups is 1. The molecule has 0 saturated carbocycles. The zero-order chi connectivity index (χ0) is 18.3. The van der Waals surface area contributed by atoms with Crippen molar-refractivity contribution in [2.75, 3.05) is 12.8 Å². The van der Waals surface area contributed by atoms with Gasteiger partial charge in [-0.1, -0.05) is 32.5 Å². The van der Waals surface area contributed by atoms with Crippen molar-refractivity contribution >= 4 is 29.5 Å². The van der Waals surface area contributed by atoms with E-state index in [1.165, 1.54) is 13.2 Å². The average molecular weight is 356 g/mol. The molecule has 1 heterocycles. The SMILES string of the molecule is CCC(Sc1nc(N)cc(=O)[nH]1)C(=O)NC(CC(C)C)C(=O)OC. The number of amides is 1. The van der Waals surface area contributed by atoms with Crippen molar-refractivity contribution in [3.05, 3.63) is 16.4 Å². The Balaban J connectivity index is 2.84. The molecule has 0 bridgehead atoms. The standard InChI is InChI=1S/C15H24N4O4S/c1-5-10(24-15-18-11(16)7-12(20)19-15)13(21)17-9(6-8(2)3)14(22)23-4/h7-10H,5-6H2,1-4H3,(H,17,21)(H3,16,18,19,20). The lowest BCUT2D eigenvalue weighted by atomic mass is 10.0. The third-order valence-electron chi connectivity index (χ3n) is 3.17. The number of hydrogen-bond donors (Lipinski definition) is 3. The van der Waals surface area contributed by atoms with Gasteiger partial charge >= 0.3 is 5.97 Å². The molecule has 0 aliphatic heterocycles. The molecule has 1 rings (SSSR count). The fourth-order valence-corrected chi connectivity index (χ4v) is 2.99. The summed E-state index contributed by atoms with van der Waals surface area (Å²) in [6.07, 6.45) is 0.970. The number of rotatable bonds is 8. The molecular weight excluding hydrogens is 332 g/mol. The van der Waals surface area contributed by atoms with E-state index in [4.69, 9.17) is 10.5 Å². The number of nitrogens with one attached hydrogen (secondary N) is 2. The van der Waals surface area contributed by atoms with E-state index < -0.39 is 17.3 Å². The Morgan fingerprint density at radius 2 is 2.12 bits per heavy atom. The number of nitrogens with zero attached hydrogens (tertiary/aromatic N) is 1. The number of esters is 1. The second-order valence-corrected chi connectivity index (χ2v) is 6.90. The first kappa shape index (κ1) is 20.0. The molecule has 0 radical (unpaired) electrons. The highest BCUT2D eigenvalue weighted by atomic mass is 32.2. The van der Waals surface area contributed by atoms with Crippen molar-refractivity contribution in [2.45, 2.75) is 50.1 Å². The maximum Gasteiger partial charge on any atom is 0.328 e. The number of nitrogen functional groups attached to an aromatic ring is 1. The van der Waals surface area contributed by atoms with Crippen LogP contribution in [0.25, 0.3) is 0 Å². The van der Waals surface area contributed by atoms with Gasteiger partial charge in [-0.2, -0.15) is 0 Å². The second kappa shape index (κ2) is 9.31. The lowest BCUT2D eigenvalue weighted by Crippen LogP contribution is -2.45. The average Bonchev–Trinajstić information content (AvgIpc) is 2.49. The summed E-state index contributed by atoms with van der Waals surface area (Å²) in [6.45, 7) is 5.74. The van der Waals surface area contributed by atoms with E-state index in [1.54, 1.807) is 0 Å². The molecule has 0 spiro atoms. The van der Waals surface area contributed by atoms with Crippen LogP contribution in [-0.4, -0.2) is 40.2 Å². The zero-order valence-corrected chi connectivity index (χ0v) is 15.1. The number of nitrogens with two attached hydrogens (primary N) is 1. The molecule has 0 aliphatic carbocycles. The molecule has 1 aromatic heterocycles. The summed E-state index contributed by atoms with van der Waals surface area (Å²) in [4.78, 5) is 42.2. The highest BCUT2D eigenvalue weighted by Gasteiger charge is 2.27. The van der Waals surface area contributed by atoms with Gasteiger partial charge in [0.05, 0.1) is 12.4 Å². The Bertz CT molecular complexity index is 632. The predicted octanol–water partition coefficient (Wildman–Crippen LogP) is 0.927. The highest BCUT2D eigenvalue weighted by molar-refractivity contribution is 8.00. The van der Waals surface area contributed by atoms with E-state index >= 15 is 0 Å². The molecule has 0 aliphatic rings. The molecule has 24 heavy (non-hydrogen) atoms. The Morgan fingerprint density at radius 3 is 2.62 bits per heavy atom. The molecule has 8 nitrogen and oxygen atoms in total. The summed E-state index contributed by atoms with van der Waals surface area (Å²) in [5.74, 6) is -0.492. The summed E-state index contributed by atoms with van der Waals surface area (Å²) >= 11 is 1.09. The quantitative estimate of drug-likeness (QED) is 0.359. The predicted molar refractivity (Wildman–Crippen MR) is 92.6 cm³/mol. The van der Waals surface area contributed by atoms with Crippen molar-refractivity contribution in [3.63, 3.8) is 0 Å². The number of methoxy groups -OCH3 is 1. The lowest BCUT2D eigenvalue weighted by molar-refractivity contribution is -0.145. The first-order valence-corrected chi connectivity index (χ1v) is 8.56. The van der Waals surface area contributed by atoms with Gasteiger partial charge in [-0.05, 0) is 18.8 Å². The van der Waals surface area contributed by atoms with E-state index in [0.717, 1.165) is 11.8 Å². The van der Waals surface area contributed by atoms with E-state index in [0.29, 0.717) is 12.8 Å². The Hall–Kier alpha value is -2.03. The molecule has 1 amide bonds. The van der Waals surface area contributed by atoms with Gasteiger partial charge in [0.25, 0.3) is 5.56 Å². The highest BCUT2D eigenvalue weighted by Crippen LogP contribution is 2.22. The minimum absolute atomic E-state index is 0.0868. The van der Waals surface area contributed by atoms with Crippen LogP contribution in [0, 0.1) is 5.92 Å². The molecule has 0 fully saturated rings. The van der Waals surface area contributed by atoms with Crippen molar-refractivity contribution in [2.24, 2.45) is 5.92 Å². The molecule has 9 heteroatoms. The molecule has 2 atom stereocenters. The van der Waals surface area contributed by atoms with Gasteiger partial charge in [0.1, 0.15) is 11.9 Å². The van der Waals surface area contributed by atoms with Crippen LogP contribution in [0.15, 0.2) is 16.0 Å². The molecule has 2 unspecified atom stereocenters. The molecule has 0 aromatic carbocycles. The van der Waals surface area contributed by atoms with Crippen LogP contribution in [-0.2, 0) is 14.3 Å². The van der Waals surface area contributed by atoms with E-state index in [1.807, 2.05) is 20.8 Å². The number of aromatic amines is 1. The number of ether oxygens (including phenoxy) is 1. The van der Waals surface area contributed by atoms with Crippen molar-refractivity contribution < 1.29 is 14.3 Å². The Morgan fingerprint density at radius 1 is 1.46 bits per heavy atom. The third-order valence-corrected chi connectivity index (χ3v) is 4.41. The summed E-state index contributed by atoms with van der Waals surface area (Å²) in [5, 5.41) is 2.46. The van der Waals surface area contributed by atoms with Gasteiger partial charge < -0.3 is 20.8 Å². The Labute approximate surface area is 144 Å². The monoisotopic (exact) mass is 356 g/mol. The Kier molecular flexibility index (Phi) is 7.76. The van der Waals surface area contributed by atoms with Crippen LogP contribution in [0.2, 0.25) is 0 Å². The second-order valence-electron chi connectivity index (χ2n) is 5.70. The normalized spacial score (nSPS) is 13.4. The smallest absolute Gasteiger partial charge is 0.328 e. The van der Waals surface area contributed by atoms with Crippen LogP contribution in [0.4, 0.5) is 5.82 Å². The van der Waals surface area contributed by atoms with Crippen LogP contribution < -0.4 is 16.6 Å². The summed E-state index contributed by atoms with van der Waals surface area (Å²) in [5.41, 5.74) is 5.16. The first-order valence-electron chi connectivity index (χ1n) is 7.68. The molecule has 0 saturated heterocycles. The van der Waals surface area contributed by atoms with Crippen molar-refractivity contribution in [3.8, 4) is 0 Å². The summed E-state index contributed by atoms with van der Waals surface area (Å²) in [6, 6.07) is 0.464. The number of carbonyl (C=O) groups is 2. The molecule has 4 N–H and O–H groups in total. The maximum absolute atomic E-state index is 12.5. The largest absolute Gasteiger partial charge is 0.467 e. The van der Waals surface area contributed by atoms with Gasteiger partial charge in [-0.15, -0.1) is 0 Å². The summed E-state index contributed by atoms with van der Waals surface area (Å²) in [7, 11) is 1.29. The van der Waals surface area contributed by atoms with Crippen molar-refractivity contribution in [1.82, 2.24) is 15.3 Å². The number of carbonyl (C=O) groups excluding carboxylic acids is 2. The number of anilines is 1. The minimum Gasteiger partial charge on any atom is -0.467 e. The van der Waals surface area contributed by atoms with Gasteiger partial charge in [0.2, 0.25) is 5.91 Å². The lowest BCUT2D eigenvalue weighted by Gasteiger charge is -2.21. The number of aromatic nitrogens is 2. The molecule has 134 valence electrons. The number of H-pyrrole nitrogens is 1. The van der Waals surface area contributed by atoms with Crippen LogP contribution >= 0.6 is 11.8 Å². The minimum atomic E-state index is -0.704. The topological polar surface area (TPSA) is 127 Å². The fourth-order valence-electron chi connectivity index (χ4n) is 2.06. The fraction of sp³-hybridized carbons (Fsp3) is 0.600. The zero-order valence-electron chi connectivity index (χ0n) is 14.3.